The van der Waals surface area contributed by atoms with Gasteiger partial charge in [-0.3, -0.25) is 18.6 Å². The fraction of sp³-hybridized carbons (Fsp3) is 0.581. The second kappa shape index (κ2) is 51.8. The number of nitrogens with zero attached hydrogens (tertiary/aromatic N) is 1. The van der Waals surface area contributed by atoms with Crippen LogP contribution >= 0.6 is 7.82 Å². The summed E-state index contributed by atoms with van der Waals surface area (Å²) in [5.41, 5.74) is 0. The quantitative estimate of drug-likeness (QED) is 0.0211. The minimum Gasteiger partial charge on any atom is -0.462 e. The number of hydrogen-bond donors (Lipinski definition) is 1. The molecule has 0 rings (SSSR count). The summed E-state index contributed by atoms with van der Waals surface area (Å²) in [5, 5.41) is 0. The summed E-state index contributed by atoms with van der Waals surface area (Å²) in [7, 11) is 1.42. The molecule has 0 aromatic heterocycles. The Bertz CT molecular complexity index is 1720. The Morgan fingerprint density at radius 1 is 0.431 bits per heavy atom. The molecule has 2 atom stereocenters. The van der Waals surface area contributed by atoms with Crippen LogP contribution in [0.1, 0.15) is 181 Å². The van der Waals surface area contributed by atoms with Gasteiger partial charge < -0.3 is 18.9 Å². The maximum Gasteiger partial charge on any atom is 0.472 e. The highest BCUT2D eigenvalue weighted by molar-refractivity contribution is 7.47. The first-order valence-electron chi connectivity index (χ1n) is 27.6. The van der Waals surface area contributed by atoms with Gasteiger partial charge in [-0.05, 0) is 116 Å². The van der Waals surface area contributed by atoms with Crippen molar-refractivity contribution in [1.29, 1.82) is 0 Å². The molecule has 0 aromatic rings. The number of rotatable bonds is 48. The lowest BCUT2D eigenvalue weighted by molar-refractivity contribution is -0.870. The highest BCUT2D eigenvalue weighted by Gasteiger charge is 2.27. The zero-order chi connectivity index (χ0) is 52.7. The molecule has 1 N–H and O–H groups in total. The largest absolute Gasteiger partial charge is 0.472 e. The second-order valence-electron chi connectivity index (χ2n) is 18.8. The van der Waals surface area contributed by atoms with Crippen LogP contribution in [0.5, 0.6) is 0 Å². The predicted octanol–water partition coefficient (Wildman–Crippen LogP) is 17.1. The molecule has 0 radical (unpaired) electrons. The molecule has 406 valence electrons. The lowest BCUT2D eigenvalue weighted by Gasteiger charge is -2.24. The zero-order valence-corrected chi connectivity index (χ0v) is 46.7. The molecule has 0 aliphatic rings. The van der Waals surface area contributed by atoms with Crippen molar-refractivity contribution >= 4 is 19.8 Å². The van der Waals surface area contributed by atoms with Crippen LogP contribution in [0.25, 0.3) is 0 Å². The molecule has 0 spiro atoms. The summed E-state index contributed by atoms with van der Waals surface area (Å²) >= 11 is 0. The minimum atomic E-state index is -4.41. The molecule has 9 nitrogen and oxygen atoms in total. The first-order valence-corrected chi connectivity index (χ1v) is 29.1. The summed E-state index contributed by atoms with van der Waals surface area (Å²) < 4.78 is 34.4. The number of likely N-dealkylation sites (N-methyl/N-ethyl adjacent to an activating group) is 1. The fourth-order valence-electron chi connectivity index (χ4n) is 6.67. The summed E-state index contributed by atoms with van der Waals surface area (Å²) in [6.45, 7) is 4.12. The molecule has 72 heavy (non-hydrogen) atoms. The molecule has 0 bridgehead atoms. The number of carbonyl (C=O) groups is 2. The Hall–Kier alpha value is -4.11. The normalized spacial score (nSPS) is 14.5. The third kappa shape index (κ3) is 55.2. The highest BCUT2D eigenvalue weighted by Crippen LogP contribution is 2.43. The van der Waals surface area contributed by atoms with Gasteiger partial charge in [0.05, 0.1) is 27.7 Å². The van der Waals surface area contributed by atoms with E-state index in [1.165, 1.54) is 19.3 Å². The molecule has 0 fully saturated rings. The Labute approximate surface area is 440 Å². The van der Waals surface area contributed by atoms with Gasteiger partial charge in [0.2, 0.25) is 0 Å². The van der Waals surface area contributed by atoms with Gasteiger partial charge in [-0.1, -0.05) is 198 Å². The first kappa shape index (κ1) is 67.9. The van der Waals surface area contributed by atoms with Crippen molar-refractivity contribution in [2.75, 3.05) is 47.5 Å². The maximum absolute atomic E-state index is 12.8. The molecular formula is C62H101NO8P+. The number of unbranched alkanes of at least 4 members (excludes halogenated alkanes) is 10. The summed E-state index contributed by atoms with van der Waals surface area (Å²) in [5.74, 6) is -0.862. The van der Waals surface area contributed by atoms with Crippen molar-refractivity contribution in [1.82, 2.24) is 0 Å². The van der Waals surface area contributed by atoms with Crippen molar-refractivity contribution in [2.24, 2.45) is 0 Å². The van der Waals surface area contributed by atoms with Gasteiger partial charge in [0.1, 0.15) is 19.8 Å². The summed E-state index contributed by atoms with van der Waals surface area (Å²) in [6.07, 6.45) is 76.2. The lowest BCUT2D eigenvalue weighted by Crippen LogP contribution is -2.37. The summed E-state index contributed by atoms with van der Waals surface area (Å²) in [4.78, 5) is 35.6. The molecule has 0 saturated carbocycles. The van der Waals surface area contributed by atoms with Crippen LogP contribution in [0, 0.1) is 0 Å². The SMILES string of the molecule is CC/C=C\C/C=C\C/C=C\C/C=C\C/C=C\C/C=C\C/C=C\C/C=C\C/C=C\CCCCCC(=O)OC(COC(=O)CCCCCCCCC/C=C\C/C=C\C/C=C\CC)COP(=O)(O)OCC[N+](C)(C)C. The Kier molecular flexibility index (Phi) is 48.8. The van der Waals surface area contributed by atoms with Crippen LogP contribution < -0.4 is 0 Å². The van der Waals surface area contributed by atoms with Gasteiger partial charge in [0.25, 0.3) is 0 Å². The van der Waals surface area contributed by atoms with Crippen LogP contribution in [-0.4, -0.2) is 74.9 Å². The number of phosphoric acid groups is 1. The number of hydrogen-bond acceptors (Lipinski definition) is 7. The standard InChI is InChI=1S/C62H100NO8P/c1-6-8-10-12-14-16-18-20-22-24-25-26-27-28-29-30-31-32-33-34-35-36-37-39-41-43-45-47-49-51-53-55-62(65)71-60(59-70-72(66,67)69-57-56-63(3,4)5)58-68-61(64)54-52-50-48-46-44-42-40-38-23-21-19-17-15-13-11-9-7-2/h8-11,14-17,20-23,25-26,28-29,31-32,34-35,37,39,43,45,60H,6-7,12-13,18-19,24,27,30,33,36,38,40-42,44,46-59H2,1-5H3/p+1/b10-8-,11-9-,16-14-,17-15-,22-20-,23-21-,26-25-,29-28-,32-31-,35-34-,39-37-,45-43-. The molecule has 0 heterocycles. The van der Waals surface area contributed by atoms with Crippen LogP contribution in [0.2, 0.25) is 0 Å². The average molecular weight is 1020 g/mol. The average Bonchev–Trinajstić information content (AvgIpc) is 3.34. The number of esters is 2. The molecular weight excluding hydrogens is 918 g/mol. The van der Waals surface area contributed by atoms with Gasteiger partial charge in [0.15, 0.2) is 6.10 Å². The predicted molar refractivity (Wildman–Crippen MR) is 307 cm³/mol. The van der Waals surface area contributed by atoms with E-state index in [1.807, 2.05) is 21.1 Å². The smallest absolute Gasteiger partial charge is 0.462 e. The van der Waals surface area contributed by atoms with E-state index < -0.39 is 32.5 Å². The van der Waals surface area contributed by atoms with Gasteiger partial charge in [0, 0.05) is 12.8 Å². The lowest BCUT2D eigenvalue weighted by atomic mass is 10.1. The van der Waals surface area contributed by atoms with E-state index in [0.29, 0.717) is 23.9 Å². The highest BCUT2D eigenvalue weighted by atomic mass is 31.2. The van der Waals surface area contributed by atoms with E-state index in [0.717, 1.165) is 122 Å². The van der Waals surface area contributed by atoms with Crippen LogP contribution in [-0.2, 0) is 32.7 Å². The zero-order valence-electron chi connectivity index (χ0n) is 45.8. The third-order valence-electron chi connectivity index (χ3n) is 10.9. The molecule has 2 unspecified atom stereocenters. The molecule has 0 saturated heterocycles. The van der Waals surface area contributed by atoms with Crippen molar-refractivity contribution in [3.05, 3.63) is 146 Å². The number of allylic oxidation sites excluding steroid dienone is 24. The van der Waals surface area contributed by atoms with Crippen LogP contribution in [0.15, 0.2) is 146 Å². The topological polar surface area (TPSA) is 108 Å². The molecule has 0 aliphatic heterocycles. The van der Waals surface area contributed by atoms with E-state index in [4.69, 9.17) is 18.5 Å². The Balaban J connectivity index is 4.33. The van der Waals surface area contributed by atoms with Crippen molar-refractivity contribution in [2.45, 2.75) is 187 Å². The second-order valence-corrected chi connectivity index (χ2v) is 20.3. The summed E-state index contributed by atoms with van der Waals surface area (Å²) in [6, 6.07) is 0. The molecule has 0 aromatic carbocycles. The van der Waals surface area contributed by atoms with Crippen molar-refractivity contribution in [3.8, 4) is 0 Å². The van der Waals surface area contributed by atoms with E-state index in [-0.39, 0.29) is 26.1 Å². The van der Waals surface area contributed by atoms with E-state index in [9.17, 15) is 19.0 Å². The van der Waals surface area contributed by atoms with Gasteiger partial charge in [-0.15, -0.1) is 0 Å². The van der Waals surface area contributed by atoms with Crippen molar-refractivity contribution < 1.29 is 42.1 Å². The van der Waals surface area contributed by atoms with Gasteiger partial charge in [-0.25, -0.2) is 4.57 Å². The van der Waals surface area contributed by atoms with Gasteiger partial charge in [-0.2, -0.15) is 0 Å². The Morgan fingerprint density at radius 2 is 0.750 bits per heavy atom. The number of phosphoric ester groups is 1. The minimum absolute atomic E-state index is 0.0141. The van der Waals surface area contributed by atoms with Crippen LogP contribution in [0.3, 0.4) is 0 Å². The molecule has 0 amide bonds. The number of ether oxygens (including phenoxy) is 2. The molecule has 0 aliphatic carbocycles. The van der Waals surface area contributed by atoms with E-state index >= 15 is 0 Å². The number of carbonyl (C=O) groups excluding carboxylic acids is 2. The first-order chi connectivity index (χ1) is 35.0. The van der Waals surface area contributed by atoms with Crippen LogP contribution in [0.4, 0.5) is 0 Å². The Morgan fingerprint density at radius 3 is 1.12 bits per heavy atom. The van der Waals surface area contributed by atoms with E-state index in [1.54, 1.807) is 0 Å². The maximum atomic E-state index is 12.8. The molecule has 10 heteroatoms. The monoisotopic (exact) mass is 1020 g/mol. The third-order valence-corrected chi connectivity index (χ3v) is 11.8. The van der Waals surface area contributed by atoms with Gasteiger partial charge >= 0.3 is 19.8 Å². The fourth-order valence-corrected chi connectivity index (χ4v) is 7.41. The van der Waals surface area contributed by atoms with E-state index in [2.05, 4.69) is 160 Å². The number of quaternary nitrogens is 1. The van der Waals surface area contributed by atoms with Crippen molar-refractivity contribution in [3.63, 3.8) is 0 Å².